The van der Waals surface area contributed by atoms with Crippen LogP contribution in [0.1, 0.15) is 65.7 Å². The minimum atomic E-state index is -0.694. The summed E-state index contributed by atoms with van der Waals surface area (Å²) < 4.78 is 0. The smallest absolute Gasteiger partial charge is 0.306 e. The maximum absolute atomic E-state index is 11.3. The second-order valence-electron chi connectivity index (χ2n) is 6.58. The van der Waals surface area contributed by atoms with Gasteiger partial charge in [0, 0.05) is 0 Å². The van der Waals surface area contributed by atoms with Crippen LogP contribution in [0.4, 0.5) is 0 Å². The highest BCUT2D eigenvalue weighted by Gasteiger charge is 2.15. The third-order valence-electron chi connectivity index (χ3n) is 4.08. The van der Waals surface area contributed by atoms with Gasteiger partial charge in [-0.15, -0.1) is 0 Å². The van der Waals surface area contributed by atoms with Crippen LogP contribution in [-0.4, -0.2) is 34.5 Å². The Morgan fingerprint density at radius 1 is 0.958 bits per heavy atom. The van der Waals surface area contributed by atoms with Gasteiger partial charge in [0.25, 0.3) is 0 Å². The van der Waals surface area contributed by atoms with E-state index in [0.717, 1.165) is 37.7 Å². The van der Waals surface area contributed by atoms with Crippen molar-refractivity contribution in [1.29, 1.82) is 0 Å². The Labute approximate surface area is 146 Å². The second kappa shape index (κ2) is 14.0. The summed E-state index contributed by atoms with van der Waals surface area (Å²) >= 11 is 0. The number of aliphatic hydroxyl groups is 2. The molecule has 0 aromatic carbocycles. The quantitative estimate of drug-likeness (QED) is 0.439. The van der Waals surface area contributed by atoms with Crippen molar-refractivity contribution in [3.8, 4) is 0 Å². The minimum absolute atomic E-state index is 0.0145. The molecule has 3 N–H and O–H groups in total. The van der Waals surface area contributed by atoms with Crippen LogP contribution in [0.5, 0.6) is 0 Å². The molecule has 0 fully saturated rings. The summed E-state index contributed by atoms with van der Waals surface area (Å²) in [6.07, 6.45) is 11.5. The summed E-state index contributed by atoms with van der Waals surface area (Å²) in [5.74, 6) is -0.956. The topological polar surface area (TPSA) is 77.8 Å². The number of hydrogen-bond acceptors (Lipinski definition) is 3. The number of carboxylic acids is 1. The Bertz CT molecular complexity index is 443. The number of aliphatic carboxylic acids is 1. The van der Waals surface area contributed by atoms with Crippen molar-refractivity contribution in [2.24, 2.45) is 5.92 Å². The molecular formula is C20H34O4. The molecule has 4 heteroatoms. The van der Waals surface area contributed by atoms with E-state index < -0.39 is 5.97 Å². The van der Waals surface area contributed by atoms with E-state index in [4.69, 9.17) is 10.2 Å². The molecule has 1 atom stereocenters. The van der Waals surface area contributed by atoms with E-state index in [1.807, 2.05) is 13.8 Å². The average Bonchev–Trinajstić information content (AvgIpc) is 2.52. The number of hydrogen-bond donors (Lipinski definition) is 3. The largest absolute Gasteiger partial charge is 0.481 e. The zero-order chi connectivity index (χ0) is 18.4. The molecule has 0 aromatic rings. The van der Waals surface area contributed by atoms with Crippen molar-refractivity contribution in [2.45, 2.75) is 65.7 Å². The van der Waals surface area contributed by atoms with Gasteiger partial charge in [0.2, 0.25) is 0 Å². The third-order valence-corrected chi connectivity index (χ3v) is 4.08. The van der Waals surface area contributed by atoms with Crippen LogP contribution in [0, 0.1) is 5.92 Å². The summed E-state index contributed by atoms with van der Waals surface area (Å²) in [6, 6.07) is 0. The molecular weight excluding hydrogens is 304 g/mol. The summed E-state index contributed by atoms with van der Waals surface area (Å²) in [5, 5.41) is 27.2. The van der Waals surface area contributed by atoms with Crippen molar-refractivity contribution in [1.82, 2.24) is 0 Å². The first kappa shape index (κ1) is 22.6. The number of carboxylic acid groups (broad SMARTS) is 1. The number of allylic oxidation sites excluding steroid dienone is 4. The summed E-state index contributed by atoms with van der Waals surface area (Å²) in [7, 11) is 0. The molecule has 0 rings (SSSR count). The molecule has 0 aliphatic heterocycles. The maximum atomic E-state index is 11.3. The van der Waals surface area contributed by atoms with Crippen molar-refractivity contribution >= 4 is 5.97 Å². The van der Waals surface area contributed by atoms with E-state index in [1.54, 1.807) is 6.08 Å². The highest BCUT2D eigenvalue weighted by Crippen LogP contribution is 2.19. The van der Waals surface area contributed by atoms with Crippen LogP contribution in [0.2, 0.25) is 0 Å². The van der Waals surface area contributed by atoms with E-state index in [1.165, 1.54) is 11.1 Å². The summed E-state index contributed by atoms with van der Waals surface area (Å²) in [6.45, 7) is 6.07. The lowest BCUT2D eigenvalue weighted by atomic mass is 9.95. The first-order valence-electron chi connectivity index (χ1n) is 8.82. The predicted octanol–water partition coefficient (Wildman–Crippen LogP) is 4.24. The minimum Gasteiger partial charge on any atom is -0.481 e. The van der Waals surface area contributed by atoms with Gasteiger partial charge in [-0.25, -0.2) is 0 Å². The number of aliphatic hydroxyl groups excluding tert-OH is 2. The van der Waals surface area contributed by atoms with Crippen LogP contribution in [-0.2, 0) is 4.79 Å². The highest BCUT2D eigenvalue weighted by molar-refractivity contribution is 5.69. The summed E-state index contributed by atoms with van der Waals surface area (Å²) in [4.78, 5) is 11.3. The average molecular weight is 338 g/mol. The monoisotopic (exact) mass is 338 g/mol. The molecule has 0 saturated heterocycles. The fourth-order valence-electron chi connectivity index (χ4n) is 2.57. The van der Waals surface area contributed by atoms with E-state index in [-0.39, 0.29) is 19.1 Å². The molecule has 0 aliphatic carbocycles. The lowest BCUT2D eigenvalue weighted by molar-refractivity contribution is -0.142. The van der Waals surface area contributed by atoms with Crippen molar-refractivity contribution in [3.05, 3.63) is 34.9 Å². The van der Waals surface area contributed by atoms with Crippen LogP contribution < -0.4 is 0 Å². The van der Waals surface area contributed by atoms with Gasteiger partial charge < -0.3 is 15.3 Å². The fourth-order valence-corrected chi connectivity index (χ4v) is 2.57. The molecule has 0 saturated carbocycles. The predicted molar refractivity (Wildman–Crippen MR) is 98.9 cm³/mol. The van der Waals surface area contributed by atoms with E-state index in [0.29, 0.717) is 12.8 Å². The number of carbonyl (C=O) groups is 1. The highest BCUT2D eigenvalue weighted by atomic mass is 16.4. The SMILES string of the molecule is CC(C)=CCC[C@@H](CCC/C(C)=C/CC/C(=C/CO)CO)C(=O)O. The molecule has 138 valence electrons. The summed E-state index contributed by atoms with van der Waals surface area (Å²) in [5.41, 5.74) is 3.34. The first-order valence-corrected chi connectivity index (χ1v) is 8.82. The van der Waals surface area contributed by atoms with Gasteiger partial charge in [-0.2, -0.15) is 0 Å². The molecule has 4 nitrogen and oxygen atoms in total. The van der Waals surface area contributed by atoms with Crippen LogP contribution >= 0.6 is 0 Å². The third kappa shape index (κ3) is 12.1. The van der Waals surface area contributed by atoms with E-state index in [2.05, 4.69) is 19.1 Å². The van der Waals surface area contributed by atoms with Crippen molar-refractivity contribution < 1.29 is 20.1 Å². The van der Waals surface area contributed by atoms with Crippen LogP contribution in [0.3, 0.4) is 0 Å². The van der Waals surface area contributed by atoms with Crippen LogP contribution in [0.25, 0.3) is 0 Å². The van der Waals surface area contributed by atoms with E-state index >= 15 is 0 Å². The van der Waals surface area contributed by atoms with Gasteiger partial charge in [0.1, 0.15) is 0 Å². The second-order valence-corrected chi connectivity index (χ2v) is 6.58. The van der Waals surface area contributed by atoms with Gasteiger partial charge in [-0.3, -0.25) is 4.79 Å². The molecule has 0 spiro atoms. The van der Waals surface area contributed by atoms with Gasteiger partial charge in [0.15, 0.2) is 0 Å². The molecule has 24 heavy (non-hydrogen) atoms. The maximum Gasteiger partial charge on any atom is 0.306 e. The molecule has 0 aromatic heterocycles. The van der Waals surface area contributed by atoms with Gasteiger partial charge >= 0.3 is 5.97 Å². The zero-order valence-corrected chi connectivity index (χ0v) is 15.4. The standard InChI is InChI=1S/C20H34O4/c1-16(2)7-4-11-19(20(23)24)12-6-9-17(3)8-5-10-18(15-22)13-14-21/h7-8,13,19,21-22H,4-6,9-12,14-15H2,1-3H3,(H,23,24)/b17-8+,18-13-/t19-/m0/s1. The molecule has 0 radical (unpaired) electrons. The first-order chi connectivity index (χ1) is 11.4. The molecule has 0 heterocycles. The Morgan fingerprint density at radius 2 is 1.67 bits per heavy atom. The van der Waals surface area contributed by atoms with Crippen molar-refractivity contribution in [2.75, 3.05) is 13.2 Å². The molecule has 0 aliphatic rings. The molecule has 0 bridgehead atoms. The van der Waals surface area contributed by atoms with E-state index in [9.17, 15) is 9.90 Å². The van der Waals surface area contributed by atoms with Crippen LogP contribution in [0.15, 0.2) is 34.9 Å². The number of rotatable bonds is 13. The zero-order valence-electron chi connectivity index (χ0n) is 15.4. The molecule has 0 unspecified atom stereocenters. The Kier molecular flexibility index (Phi) is 13.2. The fraction of sp³-hybridized carbons (Fsp3) is 0.650. The van der Waals surface area contributed by atoms with Gasteiger partial charge in [0.05, 0.1) is 19.1 Å². The molecule has 0 amide bonds. The van der Waals surface area contributed by atoms with Crippen molar-refractivity contribution in [3.63, 3.8) is 0 Å². The Balaban J connectivity index is 4.16. The van der Waals surface area contributed by atoms with Gasteiger partial charge in [-0.1, -0.05) is 29.4 Å². The Morgan fingerprint density at radius 3 is 2.21 bits per heavy atom. The van der Waals surface area contributed by atoms with Gasteiger partial charge in [-0.05, 0) is 71.3 Å². The lowest BCUT2D eigenvalue weighted by Crippen LogP contribution is -2.13. The lowest BCUT2D eigenvalue weighted by Gasteiger charge is -2.11. The normalized spacial score (nSPS) is 13.7. The Hall–Kier alpha value is -1.39.